The van der Waals surface area contributed by atoms with Crippen LogP contribution in [-0.2, 0) is 28.7 Å². The Morgan fingerprint density at radius 2 is 1.12 bits per heavy atom. The van der Waals surface area contributed by atoms with Crippen molar-refractivity contribution in [3.8, 4) is 0 Å². The highest BCUT2D eigenvalue weighted by Gasteiger charge is 2.39. The van der Waals surface area contributed by atoms with Crippen molar-refractivity contribution in [3.05, 3.63) is 35.5 Å². The second kappa shape index (κ2) is 16.9. The minimum atomic E-state index is -0.600. The van der Waals surface area contributed by atoms with E-state index in [1.165, 1.54) is 11.1 Å². The van der Waals surface area contributed by atoms with E-state index in [1.54, 1.807) is 23.5 Å². The Morgan fingerprint density at radius 1 is 0.762 bits per heavy atom. The first-order valence-electron chi connectivity index (χ1n) is 15.3. The molecule has 0 fully saturated rings. The zero-order valence-corrected chi connectivity index (χ0v) is 28.6. The Morgan fingerprint density at radius 3 is 1.45 bits per heavy atom. The first kappa shape index (κ1) is 36.4. The number of rotatable bonds is 16. The van der Waals surface area contributed by atoms with Gasteiger partial charge in [-0.25, -0.2) is 9.59 Å². The standard InChI is InChI=1S/C34H52O6S2/c1-23-11-9-15-33(5,6)31(23)27(35)21-25(3)41-19-17-39-29(37)13-14-30(38)40-18-20-42-26(4)22-28(36)32-24(2)12-10-16-34(32,7)8/h11-14,25-26,31-32H,9-10,15-22H2,1-8H3/b14-13-. The molecule has 0 aromatic rings. The smallest absolute Gasteiger partial charge is 0.331 e. The molecule has 236 valence electrons. The molecular formula is C34H52O6S2. The van der Waals surface area contributed by atoms with Gasteiger partial charge in [-0.3, -0.25) is 9.59 Å². The Kier molecular flexibility index (Phi) is 14.6. The quantitative estimate of drug-likeness (QED) is 0.0756. The zero-order valence-electron chi connectivity index (χ0n) is 27.0. The Balaban J connectivity index is 1.59. The van der Waals surface area contributed by atoms with Crippen LogP contribution < -0.4 is 0 Å². The molecule has 2 aliphatic carbocycles. The van der Waals surface area contributed by atoms with Crippen molar-refractivity contribution in [2.24, 2.45) is 22.7 Å². The number of hydrogen-bond donors (Lipinski definition) is 0. The molecule has 0 radical (unpaired) electrons. The molecule has 2 rings (SSSR count). The third-order valence-electron chi connectivity index (χ3n) is 8.42. The Labute approximate surface area is 262 Å². The fourth-order valence-electron chi connectivity index (χ4n) is 6.42. The van der Waals surface area contributed by atoms with Crippen LogP contribution in [-0.4, -0.2) is 58.7 Å². The molecule has 4 atom stereocenters. The summed E-state index contributed by atoms with van der Waals surface area (Å²) < 4.78 is 10.4. The van der Waals surface area contributed by atoms with Crippen LogP contribution in [0.4, 0.5) is 0 Å². The molecule has 0 aromatic carbocycles. The zero-order chi connectivity index (χ0) is 31.5. The van der Waals surface area contributed by atoms with E-state index in [9.17, 15) is 19.2 Å². The largest absolute Gasteiger partial charge is 0.462 e. The van der Waals surface area contributed by atoms with Gasteiger partial charge in [0.15, 0.2) is 0 Å². The number of Topliss-reactive ketones (excluding diaryl/α,β-unsaturated/α-hetero) is 2. The number of ether oxygens (including phenoxy) is 2. The van der Waals surface area contributed by atoms with Crippen LogP contribution in [0.25, 0.3) is 0 Å². The van der Waals surface area contributed by atoms with Crippen molar-refractivity contribution in [2.75, 3.05) is 24.7 Å². The molecule has 0 saturated carbocycles. The molecule has 0 amide bonds. The number of ketones is 2. The monoisotopic (exact) mass is 620 g/mol. The molecule has 0 N–H and O–H groups in total. The lowest BCUT2D eigenvalue weighted by Crippen LogP contribution is -2.35. The second-order valence-electron chi connectivity index (χ2n) is 13.2. The lowest BCUT2D eigenvalue weighted by Gasteiger charge is -2.37. The molecule has 0 bridgehead atoms. The van der Waals surface area contributed by atoms with E-state index >= 15 is 0 Å². The number of carbonyl (C=O) groups is 4. The van der Waals surface area contributed by atoms with E-state index in [0.29, 0.717) is 24.3 Å². The van der Waals surface area contributed by atoms with Crippen LogP contribution in [0.3, 0.4) is 0 Å². The number of hydrogen-bond acceptors (Lipinski definition) is 8. The van der Waals surface area contributed by atoms with Gasteiger partial charge in [0.1, 0.15) is 24.8 Å². The van der Waals surface area contributed by atoms with Gasteiger partial charge in [0.2, 0.25) is 0 Å². The second-order valence-corrected chi connectivity index (χ2v) is 16.3. The van der Waals surface area contributed by atoms with Crippen LogP contribution in [0.15, 0.2) is 35.5 Å². The topological polar surface area (TPSA) is 86.7 Å². The summed E-state index contributed by atoms with van der Waals surface area (Å²) >= 11 is 3.21. The van der Waals surface area contributed by atoms with Crippen LogP contribution in [0.1, 0.15) is 93.9 Å². The van der Waals surface area contributed by atoms with Gasteiger partial charge in [0.05, 0.1) is 0 Å². The third-order valence-corrected chi connectivity index (χ3v) is 10.7. The summed E-state index contributed by atoms with van der Waals surface area (Å²) in [5.41, 5.74) is 2.34. The maximum absolute atomic E-state index is 13.0. The van der Waals surface area contributed by atoms with Crippen molar-refractivity contribution >= 4 is 47.0 Å². The molecule has 0 saturated heterocycles. The minimum absolute atomic E-state index is 0.00983. The van der Waals surface area contributed by atoms with E-state index in [1.807, 2.05) is 13.8 Å². The van der Waals surface area contributed by atoms with Gasteiger partial charge in [-0.2, -0.15) is 23.5 Å². The van der Waals surface area contributed by atoms with Gasteiger partial charge >= 0.3 is 11.9 Å². The van der Waals surface area contributed by atoms with E-state index in [4.69, 9.17) is 9.47 Å². The highest BCUT2D eigenvalue weighted by molar-refractivity contribution is 8.00. The predicted molar refractivity (Wildman–Crippen MR) is 175 cm³/mol. The molecule has 8 heteroatoms. The summed E-state index contributed by atoms with van der Waals surface area (Å²) in [5, 5.41) is 0.261. The molecule has 4 unspecified atom stereocenters. The van der Waals surface area contributed by atoms with E-state index in [2.05, 4.69) is 53.7 Å². The normalized spacial score (nSPS) is 23.0. The number of esters is 2. The maximum Gasteiger partial charge on any atom is 0.331 e. The SMILES string of the molecule is CC1=CCCC(C)(C)C1C(=O)CC(C)SCCOC(=O)/C=C\C(=O)OCCSC(C)CC(=O)C1C(C)=CCCC1(C)C. The highest BCUT2D eigenvalue weighted by Crippen LogP contribution is 2.43. The average molecular weight is 621 g/mol. The molecule has 0 spiro atoms. The fraction of sp³-hybridized carbons (Fsp3) is 0.706. The summed E-state index contributed by atoms with van der Waals surface area (Å²) in [6.07, 6.45) is 11.6. The lowest BCUT2D eigenvalue weighted by molar-refractivity contribution is -0.139. The summed E-state index contributed by atoms with van der Waals surface area (Å²) in [5.74, 6) is 0.470. The highest BCUT2D eigenvalue weighted by atomic mass is 32.2. The van der Waals surface area contributed by atoms with Crippen molar-refractivity contribution in [2.45, 2.75) is 104 Å². The molecular weight excluding hydrogens is 569 g/mol. The molecule has 42 heavy (non-hydrogen) atoms. The van der Waals surface area contributed by atoms with Crippen molar-refractivity contribution < 1.29 is 28.7 Å². The van der Waals surface area contributed by atoms with E-state index < -0.39 is 11.9 Å². The van der Waals surface area contributed by atoms with E-state index in [0.717, 1.165) is 37.8 Å². The predicted octanol–water partition coefficient (Wildman–Crippen LogP) is 7.56. The molecule has 0 heterocycles. The number of carbonyl (C=O) groups excluding carboxylic acids is 4. The minimum Gasteiger partial charge on any atom is -0.462 e. The van der Waals surface area contributed by atoms with Crippen LogP contribution in [0.5, 0.6) is 0 Å². The van der Waals surface area contributed by atoms with Crippen LogP contribution >= 0.6 is 23.5 Å². The first-order valence-corrected chi connectivity index (χ1v) is 17.4. The summed E-state index contributed by atoms with van der Waals surface area (Å²) in [6, 6.07) is 0. The molecule has 2 aliphatic rings. The van der Waals surface area contributed by atoms with Gasteiger partial charge in [-0.05, 0) is 50.4 Å². The van der Waals surface area contributed by atoms with Crippen LogP contribution in [0, 0.1) is 22.7 Å². The summed E-state index contributed by atoms with van der Waals surface area (Å²) in [6.45, 7) is 17.3. The van der Waals surface area contributed by atoms with Gasteiger partial charge < -0.3 is 9.47 Å². The van der Waals surface area contributed by atoms with Gasteiger partial charge in [0, 0.05) is 58.8 Å². The Bertz CT molecular complexity index is 972. The molecule has 0 aliphatic heterocycles. The van der Waals surface area contributed by atoms with Crippen molar-refractivity contribution in [1.29, 1.82) is 0 Å². The average Bonchev–Trinajstić information content (AvgIpc) is 2.86. The lowest BCUT2D eigenvalue weighted by atomic mass is 9.66. The van der Waals surface area contributed by atoms with Crippen LogP contribution in [0.2, 0.25) is 0 Å². The maximum atomic E-state index is 13.0. The fourth-order valence-corrected chi connectivity index (χ4v) is 8.14. The molecule has 6 nitrogen and oxygen atoms in total. The number of thioether (sulfide) groups is 2. The van der Waals surface area contributed by atoms with Gasteiger partial charge in [0.25, 0.3) is 0 Å². The summed E-state index contributed by atoms with van der Waals surface area (Å²) in [7, 11) is 0. The molecule has 0 aromatic heterocycles. The van der Waals surface area contributed by atoms with Gasteiger partial charge in [-0.15, -0.1) is 0 Å². The Hall–Kier alpha value is -1.80. The summed E-state index contributed by atoms with van der Waals surface area (Å²) in [4.78, 5) is 49.9. The number of allylic oxidation sites excluding steroid dienone is 4. The first-order chi connectivity index (χ1) is 19.6. The van der Waals surface area contributed by atoms with E-state index in [-0.39, 0.29) is 57.9 Å². The van der Waals surface area contributed by atoms with Crippen molar-refractivity contribution in [1.82, 2.24) is 0 Å². The van der Waals surface area contributed by atoms with Gasteiger partial charge in [-0.1, -0.05) is 64.8 Å². The van der Waals surface area contributed by atoms with Crippen molar-refractivity contribution in [3.63, 3.8) is 0 Å². The third kappa shape index (κ3) is 11.7.